The molecule has 0 rings (SSSR count). The summed E-state index contributed by atoms with van der Waals surface area (Å²) >= 11 is 0. The molecule has 2 unspecified atom stereocenters. The van der Waals surface area contributed by atoms with Crippen LogP contribution in [0.2, 0.25) is 0 Å². The average Bonchev–Trinajstić information content (AvgIpc) is 2.58. The summed E-state index contributed by atoms with van der Waals surface area (Å²) in [6, 6.07) is 0. The largest absolute Gasteiger partial charge is 0.459 e. The first-order valence-corrected chi connectivity index (χ1v) is 10.9. The molecule has 0 fully saturated rings. The van der Waals surface area contributed by atoms with Crippen LogP contribution in [0.4, 0.5) is 52.7 Å². The maximum Gasteiger partial charge on any atom is 0.459 e. The Balaban J connectivity index is 4.46. The minimum absolute atomic E-state index is 0.0917. The van der Waals surface area contributed by atoms with Crippen molar-refractivity contribution in [1.82, 2.24) is 0 Å². The van der Waals surface area contributed by atoms with Gasteiger partial charge in [-0.3, -0.25) is 0 Å². The molecule has 0 aromatic carbocycles. The summed E-state index contributed by atoms with van der Waals surface area (Å²) in [7, 11) is -0.988. The highest BCUT2D eigenvalue weighted by molar-refractivity contribution is 7.57. The first kappa shape index (κ1) is 30.5. The highest BCUT2D eigenvalue weighted by Crippen LogP contribution is 2.42. The third-order valence-electron chi connectivity index (χ3n) is 3.72. The maximum atomic E-state index is 13.0. The monoisotopic (exact) mass is 506 g/mol. The summed E-state index contributed by atoms with van der Waals surface area (Å²) in [5.41, 5.74) is 0. The van der Waals surface area contributed by atoms with Crippen LogP contribution >= 0.6 is 7.92 Å². The van der Waals surface area contributed by atoms with E-state index in [2.05, 4.69) is 9.47 Å². The fraction of sp³-hybridized carbons (Fsp3) is 1.00. The zero-order chi connectivity index (χ0) is 24.7. The fourth-order valence-electron chi connectivity index (χ4n) is 2.23. The average molecular weight is 506 g/mol. The smallest absolute Gasteiger partial charge is 0.343 e. The van der Waals surface area contributed by atoms with E-state index in [0.717, 1.165) is 0 Å². The van der Waals surface area contributed by atoms with Crippen molar-refractivity contribution in [3.63, 3.8) is 0 Å². The Kier molecular flexibility index (Phi) is 11.9. The van der Waals surface area contributed by atoms with Crippen LogP contribution in [-0.2, 0) is 9.47 Å². The molecule has 0 saturated carbocycles. The van der Waals surface area contributed by atoms with E-state index in [1.165, 1.54) is 0 Å². The van der Waals surface area contributed by atoms with Gasteiger partial charge >= 0.3 is 24.2 Å². The Bertz CT molecular complexity index is 470. The standard InChI is InChI=1S/C16H23F12O2P/c1-10(2)9-31(7-3-5-29-11(17)13(19,20)15(23,24)25)8-4-6-30-12(18)14(21,22)16(26,27)28/h10-12H,3-9H2,1-2H3. The molecule has 2 nitrogen and oxygen atoms in total. The molecule has 0 heterocycles. The number of hydrogen-bond acceptors (Lipinski definition) is 2. The van der Waals surface area contributed by atoms with Crippen molar-refractivity contribution in [2.75, 3.05) is 31.7 Å². The summed E-state index contributed by atoms with van der Waals surface area (Å²) in [5.74, 6) is -11.2. The van der Waals surface area contributed by atoms with Crippen molar-refractivity contribution < 1.29 is 62.2 Å². The van der Waals surface area contributed by atoms with Crippen molar-refractivity contribution in [1.29, 1.82) is 0 Å². The molecule has 0 saturated heterocycles. The quantitative estimate of drug-likeness (QED) is 0.145. The van der Waals surface area contributed by atoms with Crippen LogP contribution in [0.15, 0.2) is 0 Å². The highest BCUT2D eigenvalue weighted by Gasteiger charge is 2.65. The second kappa shape index (κ2) is 12.1. The van der Waals surface area contributed by atoms with Crippen molar-refractivity contribution in [2.45, 2.75) is 63.6 Å². The lowest BCUT2D eigenvalue weighted by Gasteiger charge is -2.24. The molecule has 0 aromatic rings. The van der Waals surface area contributed by atoms with Crippen LogP contribution in [0.1, 0.15) is 26.7 Å². The molecule has 0 aliphatic rings. The van der Waals surface area contributed by atoms with Crippen molar-refractivity contribution in [2.24, 2.45) is 5.92 Å². The molecule has 0 bridgehead atoms. The topological polar surface area (TPSA) is 18.5 Å². The number of hydrogen-bond donors (Lipinski definition) is 0. The van der Waals surface area contributed by atoms with Gasteiger partial charge in [-0.05, 0) is 37.2 Å². The van der Waals surface area contributed by atoms with Gasteiger partial charge in [0.1, 0.15) is 0 Å². The van der Waals surface area contributed by atoms with Gasteiger partial charge in [0.2, 0.25) is 0 Å². The number of alkyl halides is 12. The SMILES string of the molecule is CC(C)CP(CCCOC(F)C(F)(F)C(F)(F)F)CCCOC(F)C(F)(F)C(F)(F)F. The first-order chi connectivity index (χ1) is 13.8. The Morgan fingerprint density at radius 1 is 0.645 bits per heavy atom. The number of rotatable bonds is 14. The van der Waals surface area contributed by atoms with E-state index in [0.29, 0.717) is 6.16 Å². The van der Waals surface area contributed by atoms with Crippen molar-refractivity contribution in [3.8, 4) is 0 Å². The third kappa shape index (κ3) is 9.89. The van der Waals surface area contributed by atoms with Gasteiger partial charge < -0.3 is 9.47 Å². The zero-order valence-electron chi connectivity index (χ0n) is 16.5. The second-order valence-corrected chi connectivity index (χ2v) is 9.62. The lowest BCUT2D eigenvalue weighted by atomic mass is 10.3. The van der Waals surface area contributed by atoms with E-state index in [9.17, 15) is 52.7 Å². The number of halogens is 12. The molecule has 188 valence electrons. The Hall–Kier alpha value is -0.490. The van der Waals surface area contributed by atoms with Crippen molar-refractivity contribution >= 4 is 7.92 Å². The summed E-state index contributed by atoms with van der Waals surface area (Å²) in [6.07, 6.45) is -19.2. The van der Waals surface area contributed by atoms with Crippen LogP contribution in [0.3, 0.4) is 0 Å². The zero-order valence-corrected chi connectivity index (χ0v) is 17.4. The molecule has 0 amide bonds. The molecular formula is C16H23F12O2P. The Labute approximate surface area is 172 Å². The second-order valence-electron chi connectivity index (χ2n) is 7.02. The van der Waals surface area contributed by atoms with Gasteiger partial charge in [-0.15, -0.1) is 7.92 Å². The summed E-state index contributed by atoms with van der Waals surface area (Å²) in [4.78, 5) is 0. The van der Waals surface area contributed by atoms with Gasteiger partial charge in [-0.2, -0.15) is 43.9 Å². The van der Waals surface area contributed by atoms with Crippen LogP contribution in [0.25, 0.3) is 0 Å². The molecule has 0 N–H and O–H groups in total. The minimum Gasteiger partial charge on any atom is -0.343 e. The van der Waals surface area contributed by atoms with Gasteiger partial charge in [0.25, 0.3) is 12.7 Å². The van der Waals surface area contributed by atoms with Crippen LogP contribution in [-0.4, -0.2) is 68.6 Å². The van der Waals surface area contributed by atoms with Crippen LogP contribution < -0.4 is 0 Å². The van der Waals surface area contributed by atoms with E-state index in [1.807, 2.05) is 0 Å². The molecule has 2 atom stereocenters. The van der Waals surface area contributed by atoms with E-state index in [4.69, 9.17) is 0 Å². The molecule has 0 aliphatic heterocycles. The van der Waals surface area contributed by atoms with Gasteiger partial charge in [-0.25, -0.2) is 8.78 Å². The lowest BCUT2D eigenvalue weighted by Crippen LogP contribution is -2.46. The minimum atomic E-state index is -6.12. The Morgan fingerprint density at radius 2 is 0.968 bits per heavy atom. The van der Waals surface area contributed by atoms with Gasteiger partial charge in [0.15, 0.2) is 0 Å². The third-order valence-corrected chi connectivity index (χ3v) is 6.86. The molecule has 0 radical (unpaired) electrons. The number of ether oxygens (including phenoxy) is 2. The van der Waals surface area contributed by atoms with Crippen LogP contribution in [0, 0.1) is 5.92 Å². The molecule has 0 aromatic heterocycles. The summed E-state index contributed by atoms with van der Waals surface area (Å²) in [5, 5.41) is 0. The maximum absolute atomic E-state index is 13.0. The summed E-state index contributed by atoms with van der Waals surface area (Å²) in [6.45, 7) is 2.10. The van der Waals surface area contributed by atoms with E-state index in [1.54, 1.807) is 13.8 Å². The van der Waals surface area contributed by atoms with Crippen LogP contribution in [0.5, 0.6) is 0 Å². The van der Waals surface area contributed by atoms with E-state index < -0.39 is 58.0 Å². The fourth-order valence-corrected chi connectivity index (χ4v) is 5.00. The molecule has 31 heavy (non-hydrogen) atoms. The molecular weight excluding hydrogens is 483 g/mol. The lowest BCUT2D eigenvalue weighted by molar-refractivity contribution is -0.341. The predicted molar refractivity (Wildman–Crippen MR) is 89.3 cm³/mol. The van der Waals surface area contributed by atoms with E-state index in [-0.39, 0.29) is 31.1 Å². The van der Waals surface area contributed by atoms with E-state index >= 15 is 0 Å². The summed E-state index contributed by atoms with van der Waals surface area (Å²) < 4.78 is 157. The van der Waals surface area contributed by atoms with Gasteiger partial charge in [0.05, 0.1) is 13.2 Å². The first-order valence-electron chi connectivity index (χ1n) is 8.96. The van der Waals surface area contributed by atoms with Crippen molar-refractivity contribution in [3.05, 3.63) is 0 Å². The molecule has 0 aliphatic carbocycles. The highest BCUT2D eigenvalue weighted by atomic mass is 31.1. The molecule has 0 spiro atoms. The van der Waals surface area contributed by atoms with Gasteiger partial charge in [-0.1, -0.05) is 13.8 Å². The molecule has 15 heteroatoms. The predicted octanol–water partition coefficient (Wildman–Crippen LogP) is 6.92. The normalized spacial score (nSPS) is 17.1. The Morgan fingerprint density at radius 3 is 1.23 bits per heavy atom. The van der Waals surface area contributed by atoms with Gasteiger partial charge in [0, 0.05) is 0 Å².